The molecule has 2 heterocycles. The molecule has 1 atom stereocenters. The van der Waals surface area contributed by atoms with Gasteiger partial charge >= 0.3 is 5.97 Å². The topological polar surface area (TPSA) is 124 Å². The van der Waals surface area contributed by atoms with E-state index in [1.807, 2.05) is 6.92 Å². The molecule has 2 aromatic rings. The fourth-order valence-electron chi connectivity index (χ4n) is 3.02. The Balaban J connectivity index is 2.03. The lowest BCUT2D eigenvalue weighted by atomic mass is 9.83. The zero-order chi connectivity index (χ0) is 20.3. The van der Waals surface area contributed by atoms with Gasteiger partial charge in [0.2, 0.25) is 17.7 Å². The first-order chi connectivity index (χ1) is 13.5. The molecule has 0 spiro atoms. The van der Waals surface area contributed by atoms with Gasteiger partial charge in [-0.15, -0.1) is 10.2 Å². The van der Waals surface area contributed by atoms with E-state index in [4.69, 9.17) is 19.6 Å². The Hall–Kier alpha value is -3.60. The number of carbonyl (C=O) groups is 1. The van der Waals surface area contributed by atoms with Crippen LogP contribution in [0.25, 0.3) is 11.5 Å². The van der Waals surface area contributed by atoms with Gasteiger partial charge in [-0.25, -0.2) is 4.79 Å². The Labute approximate surface area is 162 Å². The third-order valence-electron chi connectivity index (χ3n) is 4.36. The van der Waals surface area contributed by atoms with Gasteiger partial charge in [0.1, 0.15) is 17.4 Å². The van der Waals surface area contributed by atoms with Crippen molar-refractivity contribution in [2.45, 2.75) is 33.1 Å². The molecule has 0 fully saturated rings. The maximum atomic E-state index is 12.5. The van der Waals surface area contributed by atoms with Crippen LogP contribution >= 0.6 is 0 Å². The molecule has 8 heteroatoms. The van der Waals surface area contributed by atoms with Crippen molar-refractivity contribution in [1.29, 1.82) is 5.26 Å². The van der Waals surface area contributed by atoms with Gasteiger partial charge in [0.25, 0.3) is 0 Å². The highest BCUT2D eigenvalue weighted by molar-refractivity contribution is 5.92. The molecule has 0 saturated carbocycles. The molecule has 0 radical (unpaired) electrons. The Morgan fingerprint density at radius 3 is 2.57 bits per heavy atom. The van der Waals surface area contributed by atoms with Gasteiger partial charge in [-0.05, 0) is 31.5 Å². The van der Waals surface area contributed by atoms with Crippen molar-refractivity contribution in [2.24, 2.45) is 5.73 Å². The van der Waals surface area contributed by atoms with Crippen LogP contribution in [0.2, 0.25) is 0 Å². The fraction of sp³-hybridized carbons (Fsp3) is 0.300. The van der Waals surface area contributed by atoms with Gasteiger partial charge in [0.05, 0.1) is 18.1 Å². The molecule has 1 aromatic heterocycles. The number of aryl methyl sites for hydroxylation is 1. The van der Waals surface area contributed by atoms with Gasteiger partial charge < -0.3 is 19.6 Å². The SMILES string of the molecule is CCOC(=O)C1=C(C)OC(N)=C(C#N)C1c1ccc(-c2nnc(CC)o2)cc1. The second-order valence-electron chi connectivity index (χ2n) is 6.09. The average molecular weight is 380 g/mol. The summed E-state index contributed by atoms with van der Waals surface area (Å²) in [5, 5.41) is 17.6. The summed E-state index contributed by atoms with van der Waals surface area (Å²) in [4.78, 5) is 12.5. The second kappa shape index (κ2) is 7.96. The van der Waals surface area contributed by atoms with Gasteiger partial charge in [-0.1, -0.05) is 19.1 Å². The third-order valence-corrected chi connectivity index (χ3v) is 4.36. The number of nitrogens with zero attached hydrogens (tertiary/aromatic N) is 3. The minimum absolute atomic E-state index is 0.0217. The molecular formula is C20H20N4O4. The molecule has 0 bridgehead atoms. The van der Waals surface area contributed by atoms with Crippen LogP contribution in [0.5, 0.6) is 0 Å². The van der Waals surface area contributed by atoms with Crippen LogP contribution in [0.15, 0.2) is 51.5 Å². The van der Waals surface area contributed by atoms with Gasteiger partial charge in [-0.2, -0.15) is 5.26 Å². The first kappa shape index (κ1) is 19.2. The van der Waals surface area contributed by atoms with Crippen LogP contribution in [0.1, 0.15) is 38.1 Å². The number of esters is 1. The van der Waals surface area contributed by atoms with Crippen LogP contribution in [0.3, 0.4) is 0 Å². The summed E-state index contributed by atoms with van der Waals surface area (Å²) < 4.78 is 16.1. The molecule has 144 valence electrons. The van der Waals surface area contributed by atoms with Crippen LogP contribution in [-0.4, -0.2) is 22.8 Å². The smallest absolute Gasteiger partial charge is 0.338 e. The van der Waals surface area contributed by atoms with E-state index in [2.05, 4.69) is 16.3 Å². The molecule has 0 saturated heterocycles. The lowest BCUT2D eigenvalue weighted by Crippen LogP contribution is -2.25. The largest absolute Gasteiger partial charge is 0.463 e. The molecule has 8 nitrogen and oxygen atoms in total. The number of carbonyl (C=O) groups excluding carboxylic acids is 1. The zero-order valence-corrected chi connectivity index (χ0v) is 15.9. The van der Waals surface area contributed by atoms with E-state index >= 15 is 0 Å². The van der Waals surface area contributed by atoms with Gasteiger partial charge in [-0.3, -0.25) is 0 Å². The molecule has 1 aromatic carbocycles. The summed E-state index contributed by atoms with van der Waals surface area (Å²) in [6, 6.07) is 9.22. The lowest BCUT2D eigenvalue weighted by Gasteiger charge is -2.26. The van der Waals surface area contributed by atoms with E-state index in [1.54, 1.807) is 38.1 Å². The van der Waals surface area contributed by atoms with Crippen molar-refractivity contribution < 1.29 is 18.7 Å². The number of hydrogen-bond acceptors (Lipinski definition) is 8. The highest BCUT2D eigenvalue weighted by Gasteiger charge is 2.36. The maximum absolute atomic E-state index is 12.5. The minimum atomic E-state index is -0.680. The molecule has 1 aliphatic rings. The van der Waals surface area contributed by atoms with E-state index < -0.39 is 11.9 Å². The Kier molecular flexibility index (Phi) is 5.45. The van der Waals surface area contributed by atoms with Crippen molar-refractivity contribution in [3.8, 4) is 17.5 Å². The summed E-state index contributed by atoms with van der Waals surface area (Å²) in [5.41, 5.74) is 7.75. The number of nitrogens with two attached hydrogens (primary N) is 1. The van der Waals surface area contributed by atoms with Crippen molar-refractivity contribution >= 4 is 5.97 Å². The first-order valence-corrected chi connectivity index (χ1v) is 8.88. The van der Waals surface area contributed by atoms with E-state index in [-0.39, 0.29) is 23.6 Å². The fourth-order valence-corrected chi connectivity index (χ4v) is 3.02. The highest BCUT2D eigenvalue weighted by Crippen LogP contribution is 2.40. The van der Waals surface area contributed by atoms with Crippen molar-refractivity contribution in [3.05, 3.63) is 58.5 Å². The van der Waals surface area contributed by atoms with E-state index in [0.29, 0.717) is 29.5 Å². The van der Waals surface area contributed by atoms with Crippen LogP contribution in [0, 0.1) is 11.3 Å². The first-order valence-electron chi connectivity index (χ1n) is 8.88. The van der Waals surface area contributed by atoms with Gasteiger partial charge in [0, 0.05) is 12.0 Å². The molecule has 2 N–H and O–H groups in total. The quantitative estimate of drug-likeness (QED) is 0.785. The summed E-state index contributed by atoms with van der Waals surface area (Å²) in [5.74, 6) is 0.0251. The summed E-state index contributed by atoms with van der Waals surface area (Å²) in [7, 11) is 0. The molecular weight excluding hydrogens is 360 g/mol. The van der Waals surface area contributed by atoms with Crippen LogP contribution < -0.4 is 5.73 Å². The maximum Gasteiger partial charge on any atom is 0.338 e. The normalized spacial score (nSPS) is 16.6. The van der Waals surface area contributed by atoms with E-state index in [9.17, 15) is 10.1 Å². The lowest BCUT2D eigenvalue weighted by molar-refractivity contribution is -0.139. The van der Waals surface area contributed by atoms with Gasteiger partial charge in [0.15, 0.2) is 0 Å². The Morgan fingerprint density at radius 1 is 1.29 bits per heavy atom. The standard InChI is InChI=1S/C20H20N4O4/c1-4-15-23-24-19(28-15)13-8-6-12(7-9-13)17-14(10-21)18(22)27-11(3)16(17)20(25)26-5-2/h6-9,17H,4-5,22H2,1-3H3. The number of nitriles is 1. The number of aromatic nitrogens is 2. The summed E-state index contributed by atoms with van der Waals surface area (Å²) in [6.07, 6.45) is 0.649. The number of rotatable bonds is 5. The number of ether oxygens (including phenoxy) is 2. The number of hydrogen-bond donors (Lipinski definition) is 1. The Morgan fingerprint density at radius 2 is 2.00 bits per heavy atom. The summed E-state index contributed by atoms with van der Waals surface area (Å²) in [6.45, 7) is 5.47. The highest BCUT2D eigenvalue weighted by atomic mass is 16.5. The Bertz CT molecular complexity index is 996. The number of benzene rings is 1. The van der Waals surface area contributed by atoms with Crippen LogP contribution in [0.4, 0.5) is 0 Å². The predicted octanol–water partition coefficient (Wildman–Crippen LogP) is 2.94. The summed E-state index contributed by atoms with van der Waals surface area (Å²) >= 11 is 0. The van der Waals surface area contributed by atoms with Crippen LogP contribution in [-0.2, 0) is 20.7 Å². The zero-order valence-electron chi connectivity index (χ0n) is 15.9. The average Bonchev–Trinajstić information content (AvgIpc) is 3.17. The molecule has 3 rings (SSSR count). The van der Waals surface area contributed by atoms with Crippen molar-refractivity contribution in [1.82, 2.24) is 10.2 Å². The molecule has 0 aliphatic carbocycles. The second-order valence-corrected chi connectivity index (χ2v) is 6.09. The third kappa shape index (κ3) is 3.47. The molecule has 1 aliphatic heterocycles. The van der Waals surface area contributed by atoms with E-state index in [0.717, 1.165) is 5.56 Å². The molecule has 1 unspecified atom stereocenters. The van der Waals surface area contributed by atoms with E-state index in [1.165, 1.54) is 0 Å². The predicted molar refractivity (Wildman–Crippen MR) is 99.1 cm³/mol. The molecule has 28 heavy (non-hydrogen) atoms. The monoisotopic (exact) mass is 380 g/mol. The van der Waals surface area contributed by atoms with Crippen molar-refractivity contribution in [2.75, 3.05) is 6.61 Å². The van der Waals surface area contributed by atoms with Crippen molar-refractivity contribution in [3.63, 3.8) is 0 Å². The minimum Gasteiger partial charge on any atom is -0.463 e. The number of allylic oxidation sites excluding steroid dienone is 2. The molecule has 0 amide bonds.